The summed E-state index contributed by atoms with van der Waals surface area (Å²) in [6, 6.07) is 13.0. The van der Waals surface area contributed by atoms with E-state index < -0.39 is 11.6 Å². The zero-order chi connectivity index (χ0) is 23.4. The standard InChI is InChI=1S/C24H28N2O5Si/c1-23(2,3)32-31-24(4,5)21-18(20(26-30-21)16-10-8-7-9-11-16)15-29-19-13-12-17(14-25-19)22(27)28-6/h7-14H,15H2,1-6H3. The molecular weight excluding hydrogens is 424 g/mol. The molecule has 8 heteroatoms. The molecule has 0 saturated carbocycles. The van der Waals surface area contributed by atoms with Gasteiger partial charge in [-0.2, -0.15) is 0 Å². The van der Waals surface area contributed by atoms with Gasteiger partial charge in [0.25, 0.3) is 0 Å². The number of nitrogens with zero attached hydrogens (tertiary/aromatic N) is 2. The van der Waals surface area contributed by atoms with E-state index in [2.05, 4.69) is 30.9 Å². The predicted molar refractivity (Wildman–Crippen MR) is 121 cm³/mol. The molecule has 3 rings (SSSR count). The van der Waals surface area contributed by atoms with Crippen LogP contribution < -0.4 is 4.74 Å². The lowest BCUT2D eigenvalue weighted by atomic mass is 9.98. The van der Waals surface area contributed by atoms with Crippen LogP contribution in [-0.4, -0.2) is 33.0 Å². The number of hydrogen-bond acceptors (Lipinski definition) is 7. The van der Waals surface area contributed by atoms with Crippen molar-refractivity contribution in [3.63, 3.8) is 0 Å². The van der Waals surface area contributed by atoms with Gasteiger partial charge in [-0.25, -0.2) is 9.78 Å². The molecule has 0 spiro atoms. The third-order valence-electron chi connectivity index (χ3n) is 4.52. The molecule has 0 aliphatic heterocycles. The lowest BCUT2D eigenvalue weighted by Gasteiger charge is -2.27. The Balaban J connectivity index is 1.89. The van der Waals surface area contributed by atoms with E-state index >= 15 is 0 Å². The first-order valence-electron chi connectivity index (χ1n) is 10.3. The average molecular weight is 453 g/mol. The third kappa shape index (κ3) is 5.83. The molecule has 2 radical (unpaired) electrons. The first-order chi connectivity index (χ1) is 15.1. The summed E-state index contributed by atoms with van der Waals surface area (Å²) >= 11 is 0. The predicted octanol–water partition coefficient (Wildman–Crippen LogP) is 5.19. The van der Waals surface area contributed by atoms with Crippen molar-refractivity contribution in [2.24, 2.45) is 0 Å². The minimum absolute atomic E-state index is 0.0293. The van der Waals surface area contributed by atoms with Gasteiger partial charge < -0.3 is 18.4 Å². The summed E-state index contributed by atoms with van der Waals surface area (Å²) in [6.45, 7) is 10.5. The number of esters is 1. The Labute approximate surface area is 191 Å². The average Bonchev–Trinajstić information content (AvgIpc) is 3.21. The quantitative estimate of drug-likeness (QED) is 0.343. The fourth-order valence-electron chi connectivity index (χ4n) is 2.92. The van der Waals surface area contributed by atoms with Crippen LogP contribution in [0.3, 0.4) is 0 Å². The van der Waals surface area contributed by atoms with Crippen molar-refractivity contribution in [1.29, 1.82) is 0 Å². The lowest BCUT2D eigenvalue weighted by Crippen LogP contribution is -2.28. The molecule has 0 aliphatic carbocycles. The number of pyridine rings is 1. The SMILES string of the molecule is COC(=O)c1ccc(OCc2c(-c3ccccc3)noc2C(C)(C)O[Si]C(C)(C)C)nc1. The van der Waals surface area contributed by atoms with Crippen LogP contribution in [0.4, 0.5) is 0 Å². The van der Waals surface area contributed by atoms with Crippen LogP contribution in [0.2, 0.25) is 5.04 Å². The molecule has 0 saturated heterocycles. The molecule has 0 aliphatic rings. The van der Waals surface area contributed by atoms with Crippen molar-refractivity contribution < 1.29 is 23.2 Å². The smallest absolute Gasteiger partial charge is 0.339 e. The molecule has 0 bridgehead atoms. The fraction of sp³-hybridized carbons (Fsp3) is 0.375. The Morgan fingerprint density at radius 1 is 1.06 bits per heavy atom. The van der Waals surface area contributed by atoms with E-state index in [4.69, 9.17) is 18.4 Å². The Bertz CT molecular complexity index is 1040. The number of rotatable bonds is 8. The second-order valence-electron chi connectivity index (χ2n) is 8.83. The highest BCUT2D eigenvalue weighted by Crippen LogP contribution is 2.36. The highest BCUT2D eigenvalue weighted by atomic mass is 28.2. The molecule has 1 aromatic carbocycles. The highest BCUT2D eigenvalue weighted by molar-refractivity contribution is 6.31. The van der Waals surface area contributed by atoms with E-state index in [0.717, 1.165) is 11.1 Å². The first-order valence-corrected chi connectivity index (χ1v) is 11.2. The fourth-order valence-corrected chi connectivity index (χ4v) is 3.57. The Hall–Kier alpha value is -2.97. The van der Waals surface area contributed by atoms with Gasteiger partial charge in [-0.15, -0.1) is 0 Å². The molecule has 0 unspecified atom stereocenters. The number of aromatic nitrogens is 2. The molecular formula is C24H28N2O5Si. The summed E-state index contributed by atoms with van der Waals surface area (Å²) in [4.78, 5) is 15.8. The molecule has 0 amide bonds. The summed E-state index contributed by atoms with van der Waals surface area (Å²) in [5.74, 6) is 0.536. The largest absolute Gasteiger partial charge is 0.473 e. The molecule has 32 heavy (non-hydrogen) atoms. The van der Waals surface area contributed by atoms with Gasteiger partial charge in [0.2, 0.25) is 15.6 Å². The Kier molecular flexibility index (Phi) is 7.15. The summed E-state index contributed by atoms with van der Waals surface area (Å²) in [5, 5.41) is 4.37. The Morgan fingerprint density at radius 3 is 2.38 bits per heavy atom. The minimum atomic E-state index is -0.702. The van der Waals surface area contributed by atoms with Gasteiger partial charge in [-0.3, -0.25) is 0 Å². The van der Waals surface area contributed by atoms with Crippen molar-refractivity contribution in [2.45, 2.75) is 51.9 Å². The minimum Gasteiger partial charge on any atom is -0.473 e. The molecule has 0 atom stereocenters. The summed E-state index contributed by atoms with van der Waals surface area (Å²) in [7, 11) is 1.61. The van der Waals surface area contributed by atoms with Gasteiger partial charge >= 0.3 is 5.97 Å². The monoisotopic (exact) mass is 452 g/mol. The maximum Gasteiger partial charge on any atom is 0.339 e. The number of ether oxygens (including phenoxy) is 2. The maximum atomic E-state index is 11.6. The van der Waals surface area contributed by atoms with Crippen LogP contribution in [0.15, 0.2) is 53.2 Å². The molecule has 2 heterocycles. The van der Waals surface area contributed by atoms with Crippen LogP contribution in [0, 0.1) is 0 Å². The van der Waals surface area contributed by atoms with Crippen molar-refractivity contribution in [1.82, 2.24) is 10.1 Å². The van der Waals surface area contributed by atoms with E-state index in [0.29, 0.717) is 22.9 Å². The van der Waals surface area contributed by atoms with Crippen LogP contribution in [-0.2, 0) is 21.4 Å². The zero-order valence-electron chi connectivity index (χ0n) is 19.3. The normalized spacial score (nSPS) is 11.9. The van der Waals surface area contributed by atoms with E-state index in [1.54, 1.807) is 12.1 Å². The molecule has 7 nitrogen and oxygen atoms in total. The summed E-state index contributed by atoms with van der Waals surface area (Å²) < 4.78 is 22.7. The van der Waals surface area contributed by atoms with E-state index in [1.165, 1.54) is 13.3 Å². The van der Waals surface area contributed by atoms with Gasteiger partial charge in [-0.1, -0.05) is 56.3 Å². The number of hydrogen-bond donors (Lipinski definition) is 0. The van der Waals surface area contributed by atoms with Gasteiger partial charge in [0.1, 0.15) is 17.9 Å². The molecule has 168 valence electrons. The first kappa shape index (κ1) is 23.7. The van der Waals surface area contributed by atoms with Gasteiger partial charge in [-0.05, 0) is 25.0 Å². The Morgan fingerprint density at radius 2 is 1.78 bits per heavy atom. The zero-order valence-corrected chi connectivity index (χ0v) is 20.3. The van der Waals surface area contributed by atoms with Gasteiger partial charge in [0.15, 0.2) is 5.76 Å². The lowest BCUT2D eigenvalue weighted by molar-refractivity contribution is 0.0600. The third-order valence-corrected chi connectivity index (χ3v) is 5.74. The highest BCUT2D eigenvalue weighted by Gasteiger charge is 2.34. The summed E-state index contributed by atoms with van der Waals surface area (Å²) in [5.41, 5.74) is 2.06. The van der Waals surface area contributed by atoms with Crippen LogP contribution in [0.1, 0.15) is 56.3 Å². The molecule has 0 fully saturated rings. The second kappa shape index (κ2) is 9.66. The number of benzene rings is 1. The van der Waals surface area contributed by atoms with E-state index in [9.17, 15) is 4.79 Å². The number of carbonyl (C=O) groups excluding carboxylic acids is 1. The van der Waals surface area contributed by atoms with Crippen molar-refractivity contribution in [3.05, 3.63) is 65.5 Å². The van der Waals surface area contributed by atoms with Crippen molar-refractivity contribution in [3.8, 4) is 17.1 Å². The number of carbonyl (C=O) groups is 1. The summed E-state index contributed by atoms with van der Waals surface area (Å²) in [6.07, 6.45) is 1.42. The van der Waals surface area contributed by atoms with Gasteiger partial charge in [0, 0.05) is 17.8 Å². The van der Waals surface area contributed by atoms with Crippen molar-refractivity contribution in [2.75, 3.05) is 7.11 Å². The van der Waals surface area contributed by atoms with Crippen LogP contribution in [0.25, 0.3) is 11.3 Å². The van der Waals surface area contributed by atoms with E-state index in [1.807, 2.05) is 44.2 Å². The number of methoxy groups -OCH3 is 1. The molecule has 3 aromatic rings. The second-order valence-corrected chi connectivity index (χ2v) is 10.7. The molecule has 2 aromatic heterocycles. The van der Waals surface area contributed by atoms with E-state index in [-0.39, 0.29) is 21.4 Å². The maximum absolute atomic E-state index is 11.6. The van der Waals surface area contributed by atoms with Crippen LogP contribution >= 0.6 is 0 Å². The molecule has 0 N–H and O–H groups in total. The van der Waals surface area contributed by atoms with Gasteiger partial charge in [0.05, 0.1) is 18.2 Å². The van der Waals surface area contributed by atoms with Crippen LogP contribution in [0.5, 0.6) is 5.88 Å². The van der Waals surface area contributed by atoms with Crippen molar-refractivity contribution >= 4 is 15.7 Å². The topological polar surface area (TPSA) is 83.7 Å².